The van der Waals surface area contributed by atoms with Crippen LogP contribution in [0.15, 0.2) is 33.5 Å². The van der Waals surface area contributed by atoms with Gasteiger partial charge in [-0.3, -0.25) is 4.99 Å². The minimum absolute atomic E-state index is 0.924. The number of hydrogen-bond donors (Lipinski definition) is 0. The van der Waals surface area contributed by atoms with Gasteiger partial charge in [0.05, 0.1) is 16.5 Å². The molecule has 4 rings (SSSR count). The summed E-state index contributed by atoms with van der Waals surface area (Å²) in [5.41, 5.74) is 2.68. The van der Waals surface area contributed by atoms with Crippen LogP contribution in [0.1, 0.15) is 10.4 Å². The van der Waals surface area contributed by atoms with Crippen molar-refractivity contribution in [1.82, 2.24) is 4.90 Å². The van der Waals surface area contributed by atoms with E-state index in [1.807, 2.05) is 34.9 Å². The summed E-state index contributed by atoms with van der Waals surface area (Å²) in [4.78, 5) is 8.34. The van der Waals surface area contributed by atoms with Crippen molar-refractivity contribution >= 4 is 55.8 Å². The largest absolute Gasteiger partial charge is 0.317 e. The minimum atomic E-state index is 0.924. The number of amidine groups is 1. The molecule has 20 heavy (non-hydrogen) atoms. The standard InChI is InChI=1S/C15H14N2S3/c1-9-7-10-3-4-11(8-12(10)19-9)13-14(18-2)20-15-16-5-6-17(13)15/h3-4,7-8H,5-6H2,1-2H3. The van der Waals surface area contributed by atoms with E-state index in [0.29, 0.717) is 0 Å². The van der Waals surface area contributed by atoms with E-state index in [1.54, 1.807) is 0 Å². The highest BCUT2D eigenvalue weighted by Gasteiger charge is 2.32. The molecule has 2 aliphatic rings. The monoisotopic (exact) mass is 318 g/mol. The summed E-state index contributed by atoms with van der Waals surface area (Å²) in [6, 6.07) is 9.09. The van der Waals surface area contributed by atoms with E-state index >= 15 is 0 Å². The van der Waals surface area contributed by atoms with Crippen molar-refractivity contribution in [3.05, 3.63) is 38.9 Å². The summed E-state index contributed by atoms with van der Waals surface area (Å²) in [6.45, 7) is 4.12. The summed E-state index contributed by atoms with van der Waals surface area (Å²) >= 11 is 5.52. The van der Waals surface area contributed by atoms with Gasteiger partial charge < -0.3 is 4.90 Å². The Bertz CT molecular complexity index is 758. The molecular weight excluding hydrogens is 304 g/mol. The molecule has 0 bridgehead atoms. The smallest absolute Gasteiger partial charge is 0.169 e. The summed E-state index contributed by atoms with van der Waals surface area (Å²) in [6.07, 6.45) is 2.15. The Balaban J connectivity index is 1.86. The zero-order chi connectivity index (χ0) is 13.7. The SMILES string of the molecule is CSC1=C(c2ccc3cc(C)sc3c2)N2CCN=C2S1. The molecule has 0 aliphatic carbocycles. The molecule has 0 amide bonds. The van der Waals surface area contributed by atoms with Gasteiger partial charge in [0.1, 0.15) is 0 Å². The van der Waals surface area contributed by atoms with Crippen molar-refractivity contribution < 1.29 is 0 Å². The third-order valence-electron chi connectivity index (χ3n) is 3.55. The highest BCUT2D eigenvalue weighted by molar-refractivity contribution is 8.30. The zero-order valence-electron chi connectivity index (χ0n) is 11.3. The minimum Gasteiger partial charge on any atom is -0.317 e. The van der Waals surface area contributed by atoms with Crippen LogP contribution in [-0.4, -0.2) is 29.4 Å². The van der Waals surface area contributed by atoms with Crippen LogP contribution in [-0.2, 0) is 0 Å². The van der Waals surface area contributed by atoms with Gasteiger partial charge in [-0.15, -0.1) is 23.1 Å². The summed E-state index contributed by atoms with van der Waals surface area (Å²) in [7, 11) is 0. The van der Waals surface area contributed by atoms with Gasteiger partial charge in [-0.05, 0) is 42.5 Å². The number of aryl methyl sites for hydroxylation is 1. The molecule has 0 N–H and O–H groups in total. The Morgan fingerprint density at radius 3 is 3.05 bits per heavy atom. The summed E-state index contributed by atoms with van der Waals surface area (Å²) in [5, 5.41) is 2.52. The lowest BCUT2D eigenvalue weighted by Crippen LogP contribution is -2.19. The number of aliphatic imine (C=N–C) groups is 1. The average Bonchev–Trinajstić information content (AvgIpc) is 3.08. The third kappa shape index (κ3) is 1.91. The fraction of sp³-hybridized carbons (Fsp3) is 0.267. The first-order valence-electron chi connectivity index (χ1n) is 6.55. The quantitative estimate of drug-likeness (QED) is 0.803. The van der Waals surface area contributed by atoms with Crippen LogP contribution in [0.2, 0.25) is 0 Å². The average molecular weight is 318 g/mol. The highest BCUT2D eigenvalue weighted by Crippen LogP contribution is 2.46. The number of rotatable bonds is 2. The number of nitrogens with zero attached hydrogens (tertiary/aromatic N) is 2. The van der Waals surface area contributed by atoms with Crippen molar-refractivity contribution in [3.8, 4) is 0 Å². The number of fused-ring (bicyclic) bond motifs is 2. The Hall–Kier alpha value is -0.910. The summed E-state index contributed by atoms with van der Waals surface area (Å²) in [5.74, 6) is 0. The van der Waals surface area contributed by atoms with Crippen LogP contribution in [0.3, 0.4) is 0 Å². The molecule has 2 aliphatic heterocycles. The molecule has 2 nitrogen and oxygen atoms in total. The maximum atomic E-state index is 4.59. The molecular formula is C15H14N2S3. The number of benzene rings is 1. The van der Waals surface area contributed by atoms with Gasteiger partial charge in [-0.2, -0.15) is 0 Å². The molecule has 0 spiro atoms. The number of thiophene rings is 1. The second kappa shape index (κ2) is 4.83. The molecule has 0 radical (unpaired) electrons. The molecule has 0 atom stereocenters. The fourth-order valence-electron chi connectivity index (χ4n) is 2.69. The molecule has 2 aromatic rings. The van der Waals surface area contributed by atoms with E-state index < -0.39 is 0 Å². The Morgan fingerprint density at radius 2 is 2.20 bits per heavy atom. The topological polar surface area (TPSA) is 15.6 Å². The third-order valence-corrected chi connectivity index (χ3v) is 6.79. The van der Waals surface area contributed by atoms with E-state index in [0.717, 1.165) is 13.1 Å². The Kier molecular flexibility index (Phi) is 3.09. The van der Waals surface area contributed by atoms with E-state index in [1.165, 1.54) is 35.6 Å². The summed E-state index contributed by atoms with van der Waals surface area (Å²) < 4.78 is 2.75. The second-order valence-electron chi connectivity index (χ2n) is 4.87. The zero-order valence-corrected chi connectivity index (χ0v) is 13.8. The predicted octanol–water partition coefficient (Wildman–Crippen LogP) is 4.62. The Morgan fingerprint density at radius 1 is 1.30 bits per heavy atom. The molecule has 102 valence electrons. The van der Waals surface area contributed by atoms with Crippen LogP contribution >= 0.6 is 34.9 Å². The molecule has 0 unspecified atom stereocenters. The van der Waals surface area contributed by atoms with Crippen LogP contribution < -0.4 is 0 Å². The maximum Gasteiger partial charge on any atom is 0.169 e. The van der Waals surface area contributed by atoms with Crippen molar-refractivity contribution in [2.45, 2.75) is 6.92 Å². The Labute approximate surface area is 131 Å². The second-order valence-corrected chi connectivity index (χ2v) is 8.21. The van der Waals surface area contributed by atoms with Gasteiger partial charge in [0.2, 0.25) is 0 Å². The van der Waals surface area contributed by atoms with Gasteiger partial charge in [0.15, 0.2) is 5.17 Å². The molecule has 0 saturated heterocycles. The molecule has 1 aromatic carbocycles. The maximum absolute atomic E-state index is 4.59. The molecule has 0 saturated carbocycles. The van der Waals surface area contributed by atoms with E-state index in [4.69, 9.17) is 0 Å². The lowest BCUT2D eigenvalue weighted by molar-refractivity contribution is 0.649. The van der Waals surface area contributed by atoms with Crippen LogP contribution in [0.25, 0.3) is 15.8 Å². The highest BCUT2D eigenvalue weighted by atomic mass is 32.2. The van der Waals surface area contributed by atoms with Crippen molar-refractivity contribution in [2.75, 3.05) is 19.3 Å². The van der Waals surface area contributed by atoms with Crippen LogP contribution in [0.5, 0.6) is 0 Å². The first-order chi connectivity index (χ1) is 9.76. The first kappa shape index (κ1) is 12.8. The van der Waals surface area contributed by atoms with E-state index in [2.05, 4.69) is 47.3 Å². The van der Waals surface area contributed by atoms with Crippen LogP contribution in [0.4, 0.5) is 0 Å². The van der Waals surface area contributed by atoms with Gasteiger partial charge >= 0.3 is 0 Å². The van der Waals surface area contributed by atoms with Gasteiger partial charge in [-0.1, -0.05) is 12.1 Å². The predicted molar refractivity (Wildman–Crippen MR) is 93.6 cm³/mol. The molecule has 5 heteroatoms. The lowest BCUT2D eigenvalue weighted by atomic mass is 10.1. The van der Waals surface area contributed by atoms with Gasteiger partial charge in [0.25, 0.3) is 0 Å². The number of hydrogen-bond acceptors (Lipinski definition) is 5. The van der Waals surface area contributed by atoms with Crippen molar-refractivity contribution in [1.29, 1.82) is 0 Å². The van der Waals surface area contributed by atoms with Crippen molar-refractivity contribution in [2.24, 2.45) is 4.99 Å². The van der Waals surface area contributed by atoms with Gasteiger partial charge in [0, 0.05) is 21.7 Å². The number of thioether (sulfide) groups is 2. The van der Waals surface area contributed by atoms with Crippen molar-refractivity contribution in [3.63, 3.8) is 0 Å². The van der Waals surface area contributed by atoms with E-state index in [9.17, 15) is 0 Å². The van der Waals surface area contributed by atoms with E-state index in [-0.39, 0.29) is 0 Å². The van der Waals surface area contributed by atoms with Crippen LogP contribution in [0, 0.1) is 6.92 Å². The molecule has 3 heterocycles. The lowest BCUT2D eigenvalue weighted by Gasteiger charge is -2.17. The molecule has 0 fully saturated rings. The molecule has 1 aromatic heterocycles. The normalized spacial score (nSPS) is 18.1. The fourth-order valence-corrected chi connectivity index (χ4v) is 5.57. The first-order valence-corrected chi connectivity index (χ1v) is 9.41. The van der Waals surface area contributed by atoms with Gasteiger partial charge in [-0.25, -0.2) is 0 Å².